The average Bonchev–Trinajstić information content (AvgIpc) is 2.53. The van der Waals surface area contributed by atoms with Gasteiger partial charge in [-0.3, -0.25) is 4.79 Å². The van der Waals surface area contributed by atoms with Crippen LogP contribution in [0.25, 0.3) is 0 Å². The lowest BCUT2D eigenvalue weighted by molar-refractivity contribution is 0.233. The van der Waals surface area contributed by atoms with Crippen molar-refractivity contribution in [1.82, 2.24) is 4.90 Å². The third-order valence-corrected chi connectivity index (χ3v) is 3.14. The van der Waals surface area contributed by atoms with Crippen LogP contribution in [0.2, 0.25) is 0 Å². The van der Waals surface area contributed by atoms with Crippen LogP contribution in [0.4, 0.5) is 4.79 Å². The first-order valence-electron chi connectivity index (χ1n) is 5.46. The first-order chi connectivity index (χ1) is 8.16. The number of halogens is 1. The molecule has 1 heterocycles. The molecule has 0 unspecified atom stereocenters. The van der Waals surface area contributed by atoms with Gasteiger partial charge in [0.1, 0.15) is 0 Å². The zero-order valence-electron chi connectivity index (χ0n) is 9.61. The van der Waals surface area contributed by atoms with Crippen LogP contribution in [0.1, 0.15) is 12.0 Å². The van der Waals surface area contributed by atoms with E-state index in [9.17, 15) is 4.79 Å². The second-order valence-corrected chi connectivity index (χ2v) is 4.62. The summed E-state index contributed by atoms with van der Waals surface area (Å²) in [6, 6.07) is 5.76. The van der Waals surface area contributed by atoms with E-state index < -0.39 is 0 Å². The molecule has 5 heteroatoms. The molecule has 0 aromatic heterocycles. The van der Waals surface area contributed by atoms with Crippen molar-refractivity contribution in [3.8, 4) is 11.5 Å². The Kier molecular flexibility index (Phi) is 3.89. The summed E-state index contributed by atoms with van der Waals surface area (Å²) in [5.41, 5.74) is 1.02. The van der Waals surface area contributed by atoms with Crippen LogP contribution >= 0.6 is 15.9 Å². The summed E-state index contributed by atoms with van der Waals surface area (Å²) in [5, 5.41) is 0. The van der Waals surface area contributed by atoms with E-state index in [1.165, 1.54) is 0 Å². The molecular formula is C12H14BrNO3. The molecule has 1 amide bonds. The molecule has 0 fully saturated rings. The molecule has 1 aromatic rings. The topological polar surface area (TPSA) is 38.8 Å². The molecule has 1 aromatic carbocycles. The molecule has 0 spiro atoms. The van der Waals surface area contributed by atoms with E-state index in [0.717, 1.165) is 23.5 Å². The zero-order chi connectivity index (χ0) is 12.3. The van der Waals surface area contributed by atoms with Crippen molar-refractivity contribution >= 4 is 20.7 Å². The number of benzene rings is 1. The number of carbonyl (C=O) groups is 1. The minimum Gasteiger partial charge on any atom is -0.490 e. The third kappa shape index (κ3) is 3.12. The lowest BCUT2D eigenvalue weighted by Gasteiger charge is -2.15. The quantitative estimate of drug-likeness (QED) is 0.623. The zero-order valence-corrected chi connectivity index (χ0v) is 11.2. The summed E-state index contributed by atoms with van der Waals surface area (Å²) in [7, 11) is 1.74. The maximum atomic E-state index is 11.1. The molecule has 1 aliphatic rings. The van der Waals surface area contributed by atoms with Crippen LogP contribution in [-0.2, 0) is 6.54 Å². The maximum Gasteiger partial charge on any atom is 0.289 e. The highest BCUT2D eigenvalue weighted by molar-refractivity contribution is 9.18. The lowest BCUT2D eigenvalue weighted by atomic mass is 10.2. The Bertz CT molecular complexity index is 422. The monoisotopic (exact) mass is 299 g/mol. The van der Waals surface area contributed by atoms with Gasteiger partial charge < -0.3 is 14.4 Å². The van der Waals surface area contributed by atoms with Gasteiger partial charge >= 0.3 is 0 Å². The molecule has 0 radical (unpaired) electrons. The highest BCUT2D eigenvalue weighted by Crippen LogP contribution is 2.30. The molecule has 0 atom stereocenters. The Morgan fingerprint density at radius 2 is 2.06 bits per heavy atom. The number of fused-ring (bicyclic) bond motifs is 1. The van der Waals surface area contributed by atoms with E-state index in [1.807, 2.05) is 18.2 Å². The second-order valence-electron chi connectivity index (χ2n) is 3.94. The van der Waals surface area contributed by atoms with Gasteiger partial charge in [0.05, 0.1) is 13.2 Å². The third-order valence-electron chi connectivity index (χ3n) is 2.53. The van der Waals surface area contributed by atoms with Gasteiger partial charge in [0.15, 0.2) is 11.5 Å². The van der Waals surface area contributed by atoms with Crippen molar-refractivity contribution in [3.63, 3.8) is 0 Å². The van der Waals surface area contributed by atoms with Crippen molar-refractivity contribution in [2.45, 2.75) is 13.0 Å². The largest absolute Gasteiger partial charge is 0.490 e. The first-order valence-corrected chi connectivity index (χ1v) is 6.25. The fraction of sp³-hybridized carbons (Fsp3) is 0.417. The summed E-state index contributed by atoms with van der Waals surface area (Å²) >= 11 is 2.92. The normalized spacial score (nSPS) is 14.0. The number of amides is 1. The minimum absolute atomic E-state index is 0.135. The molecule has 92 valence electrons. The summed E-state index contributed by atoms with van der Waals surface area (Å²) < 4.78 is 11.1. The molecule has 2 rings (SSSR count). The minimum atomic E-state index is -0.135. The van der Waals surface area contributed by atoms with Gasteiger partial charge in [0.25, 0.3) is 4.82 Å². The lowest BCUT2D eigenvalue weighted by Crippen LogP contribution is -2.19. The van der Waals surface area contributed by atoms with Gasteiger partial charge in [-0.05, 0) is 17.7 Å². The van der Waals surface area contributed by atoms with E-state index in [2.05, 4.69) is 15.9 Å². The van der Waals surface area contributed by atoms with Gasteiger partial charge in [0.2, 0.25) is 0 Å². The SMILES string of the molecule is CN(Cc1ccc2c(c1)OCCCO2)C(=O)Br. The Morgan fingerprint density at radius 1 is 1.35 bits per heavy atom. The highest BCUT2D eigenvalue weighted by atomic mass is 79.9. The van der Waals surface area contributed by atoms with E-state index in [0.29, 0.717) is 19.8 Å². The van der Waals surface area contributed by atoms with Crippen LogP contribution in [0, 0.1) is 0 Å². The molecule has 4 nitrogen and oxygen atoms in total. The standard InChI is InChI=1S/C12H14BrNO3/c1-14(12(13)15)8-9-3-4-10-11(7-9)17-6-2-5-16-10/h3-4,7H,2,5-6,8H2,1H3. The molecule has 0 N–H and O–H groups in total. The first kappa shape index (κ1) is 12.2. The van der Waals surface area contributed by atoms with E-state index in [-0.39, 0.29) is 4.82 Å². The Hall–Kier alpha value is -1.23. The van der Waals surface area contributed by atoms with Crippen molar-refractivity contribution in [1.29, 1.82) is 0 Å². The second kappa shape index (κ2) is 5.40. The fourth-order valence-corrected chi connectivity index (χ4v) is 1.77. The Labute approximate surface area is 109 Å². The number of hydrogen-bond acceptors (Lipinski definition) is 3. The molecule has 17 heavy (non-hydrogen) atoms. The maximum absolute atomic E-state index is 11.1. The molecule has 0 saturated heterocycles. The number of nitrogens with zero attached hydrogens (tertiary/aromatic N) is 1. The van der Waals surface area contributed by atoms with E-state index in [4.69, 9.17) is 9.47 Å². The van der Waals surface area contributed by atoms with Crippen LogP contribution in [0.15, 0.2) is 18.2 Å². The number of carbonyl (C=O) groups excluding carboxylic acids is 1. The molecule has 0 bridgehead atoms. The number of hydrogen-bond donors (Lipinski definition) is 0. The van der Waals surface area contributed by atoms with Gasteiger partial charge in [-0.2, -0.15) is 0 Å². The molecule has 0 saturated carbocycles. The summed E-state index contributed by atoms with van der Waals surface area (Å²) in [6.07, 6.45) is 0.893. The van der Waals surface area contributed by atoms with Crippen molar-refractivity contribution < 1.29 is 14.3 Å². The van der Waals surface area contributed by atoms with E-state index >= 15 is 0 Å². The Balaban J connectivity index is 2.15. The van der Waals surface area contributed by atoms with Crippen LogP contribution < -0.4 is 9.47 Å². The summed E-state index contributed by atoms with van der Waals surface area (Å²) in [4.78, 5) is 12.5. The van der Waals surface area contributed by atoms with Crippen LogP contribution in [0.5, 0.6) is 11.5 Å². The van der Waals surface area contributed by atoms with Crippen LogP contribution in [0.3, 0.4) is 0 Å². The van der Waals surface area contributed by atoms with Gasteiger partial charge in [-0.25, -0.2) is 0 Å². The highest BCUT2D eigenvalue weighted by Gasteiger charge is 2.12. The van der Waals surface area contributed by atoms with Crippen molar-refractivity contribution in [2.24, 2.45) is 0 Å². The van der Waals surface area contributed by atoms with Gasteiger partial charge in [0, 0.05) is 35.9 Å². The smallest absolute Gasteiger partial charge is 0.289 e. The number of ether oxygens (including phenoxy) is 2. The average molecular weight is 300 g/mol. The molecule has 1 aliphatic heterocycles. The molecular weight excluding hydrogens is 286 g/mol. The number of rotatable bonds is 2. The predicted molar refractivity (Wildman–Crippen MR) is 67.8 cm³/mol. The van der Waals surface area contributed by atoms with Crippen molar-refractivity contribution in [2.75, 3.05) is 20.3 Å². The van der Waals surface area contributed by atoms with Crippen LogP contribution in [-0.4, -0.2) is 30.0 Å². The Morgan fingerprint density at radius 3 is 2.76 bits per heavy atom. The summed E-state index contributed by atoms with van der Waals surface area (Å²) in [6.45, 7) is 1.90. The summed E-state index contributed by atoms with van der Waals surface area (Å²) in [5.74, 6) is 1.54. The van der Waals surface area contributed by atoms with Gasteiger partial charge in [-0.1, -0.05) is 6.07 Å². The van der Waals surface area contributed by atoms with Crippen molar-refractivity contribution in [3.05, 3.63) is 23.8 Å². The molecule has 0 aliphatic carbocycles. The van der Waals surface area contributed by atoms with E-state index in [1.54, 1.807) is 11.9 Å². The fourth-order valence-electron chi connectivity index (χ4n) is 1.64. The predicted octanol–water partition coefficient (Wildman–Crippen LogP) is 2.79. The van der Waals surface area contributed by atoms with Gasteiger partial charge in [-0.15, -0.1) is 0 Å².